The summed E-state index contributed by atoms with van der Waals surface area (Å²) in [6.07, 6.45) is 2.28. The first-order chi connectivity index (χ1) is 15.5. The van der Waals surface area contributed by atoms with E-state index in [9.17, 15) is 9.59 Å². The van der Waals surface area contributed by atoms with Gasteiger partial charge >= 0.3 is 12.0 Å². The molecule has 0 bridgehead atoms. The molecule has 2 amide bonds. The Morgan fingerprint density at radius 1 is 1.09 bits per heavy atom. The zero-order valence-electron chi connectivity index (χ0n) is 18.0. The van der Waals surface area contributed by atoms with Crippen molar-refractivity contribution in [2.75, 3.05) is 33.2 Å². The van der Waals surface area contributed by atoms with Crippen molar-refractivity contribution < 1.29 is 23.8 Å². The SMILES string of the molecule is COC(=O)c1cccc(NC(=O)N2CCc3[nH]cnc3C2c2cc(OC)cc(OC)c2)c1. The summed E-state index contributed by atoms with van der Waals surface area (Å²) in [5.74, 6) is 0.767. The second kappa shape index (κ2) is 9.01. The second-order valence-corrected chi connectivity index (χ2v) is 7.26. The molecule has 0 saturated carbocycles. The minimum Gasteiger partial charge on any atom is -0.497 e. The molecule has 0 fully saturated rings. The molecule has 1 aromatic heterocycles. The van der Waals surface area contributed by atoms with Crippen LogP contribution in [-0.4, -0.2) is 54.7 Å². The number of benzene rings is 2. The molecule has 1 atom stereocenters. The molecule has 1 aliphatic heterocycles. The van der Waals surface area contributed by atoms with Crippen molar-refractivity contribution in [1.29, 1.82) is 0 Å². The highest BCUT2D eigenvalue weighted by molar-refractivity contribution is 5.94. The molecular weight excluding hydrogens is 412 g/mol. The van der Waals surface area contributed by atoms with Crippen LogP contribution in [0.4, 0.5) is 10.5 Å². The van der Waals surface area contributed by atoms with Crippen LogP contribution in [0.5, 0.6) is 11.5 Å². The lowest BCUT2D eigenvalue weighted by Crippen LogP contribution is -2.43. The minimum absolute atomic E-state index is 0.313. The van der Waals surface area contributed by atoms with Gasteiger partial charge in [-0.1, -0.05) is 6.07 Å². The van der Waals surface area contributed by atoms with E-state index in [2.05, 4.69) is 15.3 Å². The molecule has 0 aliphatic carbocycles. The zero-order chi connectivity index (χ0) is 22.7. The quantitative estimate of drug-likeness (QED) is 0.594. The van der Waals surface area contributed by atoms with Crippen LogP contribution in [-0.2, 0) is 11.2 Å². The van der Waals surface area contributed by atoms with E-state index >= 15 is 0 Å². The number of hydrogen-bond acceptors (Lipinski definition) is 6. The van der Waals surface area contributed by atoms with Crippen LogP contribution >= 0.6 is 0 Å². The predicted molar refractivity (Wildman–Crippen MR) is 117 cm³/mol. The predicted octanol–water partition coefficient (Wildman–Crippen LogP) is 3.39. The summed E-state index contributed by atoms with van der Waals surface area (Å²) in [7, 11) is 4.48. The van der Waals surface area contributed by atoms with Crippen LogP contribution in [0.25, 0.3) is 0 Å². The molecule has 166 valence electrons. The van der Waals surface area contributed by atoms with Crippen molar-refractivity contribution in [3.05, 3.63) is 71.3 Å². The molecule has 0 saturated heterocycles. The lowest BCUT2D eigenvalue weighted by Gasteiger charge is -2.35. The van der Waals surface area contributed by atoms with Crippen molar-refractivity contribution in [3.63, 3.8) is 0 Å². The first kappa shape index (κ1) is 21.2. The first-order valence-corrected chi connectivity index (χ1v) is 10.0. The molecule has 2 heterocycles. The topological polar surface area (TPSA) is 106 Å². The van der Waals surface area contributed by atoms with Gasteiger partial charge in [-0.2, -0.15) is 0 Å². The fourth-order valence-corrected chi connectivity index (χ4v) is 3.86. The molecule has 1 unspecified atom stereocenters. The number of hydrogen-bond donors (Lipinski definition) is 2. The van der Waals surface area contributed by atoms with Gasteiger partial charge in [0.05, 0.1) is 38.9 Å². The number of amides is 2. The lowest BCUT2D eigenvalue weighted by molar-refractivity contribution is 0.0600. The summed E-state index contributed by atoms with van der Waals surface area (Å²) >= 11 is 0. The molecule has 2 aromatic carbocycles. The van der Waals surface area contributed by atoms with Crippen LogP contribution < -0.4 is 14.8 Å². The average molecular weight is 436 g/mol. The summed E-state index contributed by atoms with van der Waals surface area (Å²) in [6, 6.07) is 11.4. The largest absolute Gasteiger partial charge is 0.497 e. The molecule has 9 nitrogen and oxygen atoms in total. The van der Waals surface area contributed by atoms with E-state index in [1.54, 1.807) is 55.8 Å². The van der Waals surface area contributed by atoms with Gasteiger partial charge in [0.25, 0.3) is 0 Å². The molecule has 32 heavy (non-hydrogen) atoms. The highest BCUT2D eigenvalue weighted by atomic mass is 16.5. The maximum absolute atomic E-state index is 13.3. The Morgan fingerprint density at radius 3 is 2.53 bits per heavy atom. The Morgan fingerprint density at radius 2 is 1.84 bits per heavy atom. The number of nitrogens with zero attached hydrogens (tertiary/aromatic N) is 2. The molecule has 2 N–H and O–H groups in total. The van der Waals surface area contributed by atoms with Crippen molar-refractivity contribution in [3.8, 4) is 11.5 Å². The molecule has 3 aromatic rings. The summed E-state index contributed by atoms with van der Waals surface area (Å²) < 4.78 is 15.6. The number of nitrogens with one attached hydrogen (secondary N) is 2. The lowest BCUT2D eigenvalue weighted by atomic mass is 9.95. The third-order valence-electron chi connectivity index (χ3n) is 5.41. The van der Waals surface area contributed by atoms with Crippen LogP contribution in [0.15, 0.2) is 48.8 Å². The number of carbonyl (C=O) groups excluding carboxylic acids is 2. The Bertz CT molecular complexity index is 1120. The van der Waals surface area contributed by atoms with E-state index in [0.717, 1.165) is 17.0 Å². The number of rotatable bonds is 5. The Kier molecular flexibility index (Phi) is 5.98. The van der Waals surface area contributed by atoms with Crippen molar-refractivity contribution in [2.24, 2.45) is 0 Å². The van der Waals surface area contributed by atoms with Gasteiger partial charge in [-0.05, 0) is 35.9 Å². The number of fused-ring (bicyclic) bond motifs is 1. The van der Waals surface area contributed by atoms with Crippen molar-refractivity contribution >= 4 is 17.7 Å². The maximum atomic E-state index is 13.3. The smallest absolute Gasteiger partial charge is 0.337 e. The first-order valence-electron chi connectivity index (χ1n) is 10.0. The summed E-state index contributed by atoms with van der Waals surface area (Å²) in [5, 5.41) is 2.89. The summed E-state index contributed by atoms with van der Waals surface area (Å²) in [6.45, 7) is 0.474. The Balaban J connectivity index is 1.68. The van der Waals surface area contributed by atoms with E-state index in [-0.39, 0.29) is 6.03 Å². The summed E-state index contributed by atoms with van der Waals surface area (Å²) in [5.41, 5.74) is 3.41. The molecule has 4 rings (SSSR count). The Hall–Kier alpha value is -4.01. The highest BCUT2D eigenvalue weighted by Gasteiger charge is 2.35. The number of aromatic amines is 1. The number of urea groups is 1. The molecular formula is C23H24N4O5. The zero-order valence-corrected chi connectivity index (χ0v) is 18.0. The number of anilines is 1. The van der Waals surface area contributed by atoms with E-state index in [0.29, 0.717) is 35.7 Å². The van der Waals surface area contributed by atoms with E-state index in [4.69, 9.17) is 14.2 Å². The number of esters is 1. The molecule has 0 spiro atoms. The summed E-state index contributed by atoms with van der Waals surface area (Å²) in [4.78, 5) is 34.5. The van der Waals surface area contributed by atoms with E-state index in [1.807, 2.05) is 12.1 Å². The van der Waals surface area contributed by atoms with Crippen LogP contribution in [0.2, 0.25) is 0 Å². The van der Waals surface area contributed by atoms with Gasteiger partial charge in [-0.25, -0.2) is 14.6 Å². The fourth-order valence-electron chi connectivity index (χ4n) is 3.86. The van der Waals surface area contributed by atoms with Gasteiger partial charge in [0.15, 0.2) is 0 Å². The third kappa shape index (κ3) is 4.09. The van der Waals surface area contributed by atoms with Gasteiger partial charge in [0.2, 0.25) is 0 Å². The number of carbonyl (C=O) groups is 2. The van der Waals surface area contributed by atoms with Crippen molar-refractivity contribution in [2.45, 2.75) is 12.5 Å². The number of methoxy groups -OCH3 is 3. The van der Waals surface area contributed by atoms with E-state index in [1.165, 1.54) is 7.11 Å². The van der Waals surface area contributed by atoms with Gasteiger partial charge in [-0.15, -0.1) is 0 Å². The second-order valence-electron chi connectivity index (χ2n) is 7.26. The number of aromatic nitrogens is 2. The standard InChI is InChI=1S/C23H24N4O5/c1-30-17-10-15(11-18(12-17)31-2)21-20-19(24-13-25-20)7-8-27(21)23(29)26-16-6-4-5-14(9-16)22(28)32-3/h4-6,9-13,21H,7-8H2,1-3H3,(H,24,25)(H,26,29). The Labute approximate surface area is 185 Å². The maximum Gasteiger partial charge on any atom is 0.337 e. The number of ether oxygens (including phenoxy) is 3. The van der Waals surface area contributed by atoms with Crippen LogP contribution in [0.1, 0.15) is 33.4 Å². The highest BCUT2D eigenvalue weighted by Crippen LogP contribution is 2.37. The number of imidazole rings is 1. The number of H-pyrrole nitrogens is 1. The molecule has 1 aliphatic rings. The fraction of sp³-hybridized carbons (Fsp3) is 0.261. The molecule has 9 heteroatoms. The normalized spacial score (nSPS) is 15.0. The average Bonchev–Trinajstić information content (AvgIpc) is 3.31. The minimum atomic E-state index is -0.471. The van der Waals surface area contributed by atoms with Crippen LogP contribution in [0.3, 0.4) is 0 Å². The van der Waals surface area contributed by atoms with Gasteiger partial charge in [0, 0.05) is 30.4 Å². The van der Waals surface area contributed by atoms with Crippen molar-refractivity contribution in [1.82, 2.24) is 14.9 Å². The monoisotopic (exact) mass is 436 g/mol. The van der Waals surface area contributed by atoms with Gasteiger partial charge in [-0.3, -0.25) is 0 Å². The van der Waals surface area contributed by atoms with E-state index < -0.39 is 12.0 Å². The van der Waals surface area contributed by atoms with Gasteiger partial charge < -0.3 is 29.4 Å². The van der Waals surface area contributed by atoms with Gasteiger partial charge in [0.1, 0.15) is 17.5 Å². The third-order valence-corrected chi connectivity index (χ3v) is 5.41. The molecule has 0 radical (unpaired) electrons. The van der Waals surface area contributed by atoms with Crippen LogP contribution in [0, 0.1) is 0 Å².